The molecule has 2 aliphatic rings. The van der Waals surface area contributed by atoms with Crippen molar-refractivity contribution in [3.05, 3.63) is 23.8 Å². The number of fused-ring (bicyclic) bond motifs is 2. The van der Waals surface area contributed by atoms with E-state index in [1.807, 2.05) is 4.90 Å². The van der Waals surface area contributed by atoms with Crippen molar-refractivity contribution in [1.82, 2.24) is 25.6 Å². The lowest BCUT2D eigenvalue weighted by Crippen LogP contribution is -2.55. The fourth-order valence-corrected chi connectivity index (χ4v) is 3.92. The summed E-state index contributed by atoms with van der Waals surface area (Å²) in [5.41, 5.74) is 1.87. The molecule has 1 aromatic heterocycles. The van der Waals surface area contributed by atoms with E-state index in [2.05, 4.69) is 20.7 Å². The highest BCUT2D eigenvalue weighted by molar-refractivity contribution is 5.97. The molecule has 1 saturated heterocycles. The Morgan fingerprint density at radius 3 is 3.00 bits per heavy atom. The van der Waals surface area contributed by atoms with Crippen LogP contribution < -0.4 is 5.32 Å². The highest BCUT2D eigenvalue weighted by Crippen LogP contribution is 2.28. The molecule has 0 bridgehead atoms. The number of amides is 2. The second-order valence-electron chi connectivity index (χ2n) is 6.88. The number of carbonyl (C=O) groups excluding carboxylic acids is 2. The quantitative estimate of drug-likeness (QED) is 0.858. The number of hydrogen-bond donors (Lipinski definition) is 2. The maximum absolute atomic E-state index is 12.6. The smallest absolute Gasteiger partial charge is 0.251 e. The topological polar surface area (TPSA) is 100 Å². The van der Waals surface area contributed by atoms with Gasteiger partial charge in [0.15, 0.2) is 0 Å². The summed E-state index contributed by atoms with van der Waals surface area (Å²) in [6.45, 7) is 1.58. The molecule has 138 valence electrons. The van der Waals surface area contributed by atoms with Gasteiger partial charge in [0.25, 0.3) is 5.91 Å². The monoisotopic (exact) mass is 357 g/mol. The van der Waals surface area contributed by atoms with Crippen molar-refractivity contribution < 1.29 is 14.3 Å². The van der Waals surface area contributed by atoms with Crippen LogP contribution >= 0.6 is 0 Å². The van der Waals surface area contributed by atoms with E-state index in [0.29, 0.717) is 42.7 Å². The first kappa shape index (κ1) is 17.0. The minimum Gasteiger partial charge on any atom is -0.374 e. The molecule has 2 heterocycles. The van der Waals surface area contributed by atoms with E-state index in [1.54, 1.807) is 18.2 Å². The summed E-state index contributed by atoms with van der Waals surface area (Å²) in [6, 6.07) is 5.34. The van der Waals surface area contributed by atoms with E-state index in [4.69, 9.17) is 4.74 Å². The van der Waals surface area contributed by atoms with Crippen molar-refractivity contribution in [2.24, 2.45) is 0 Å². The number of hydrogen-bond acceptors (Lipinski definition) is 5. The molecule has 8 nitrogen and oxygen atoms in total. The number of aromatic amines is 1. The van der Waals surface area contributed by atoms with Crippen LogP contribution in [0.15, 0.2) is 18.2 Å². The number of nitrogens with one attached hydrogen (secondary N) is 2. The molecule has 0 radical (unpaired) electrons. The standard InChI is InChI=1S/C18H23N5O3/c24-17(23-9-10-26-16-4-2-1-3-15(16)23)7-8-19-18(25)12-5-6-13-14(11-12)21-22-20-13/h5-6,11,15-16H,1-4,7-10H2,(H,19,25)(H,20,21,22)/t15-,16-/m1/s1. The van der Waals surface area contributed by atoms with Gasteiger partial charge in [-0.1, -0.05) is 12.8 Å². The minimum atomic E-state index is -0.208. The van der Waals surface area contributed by atoms with Gasteiger partial charge in [0, 0.05) is 25.1 Å². The third-order valence-corrected chi connectivity index (χ3v) is 5.26. The maximum atomic E-state index is 12.6. The summed E-state index contributed by atoms with van der Waals surface area (Å²) in [5.74, 6) is -0.113. The lowest BCUT2D eigenvalue weighted by atomic mass is 9.90. The van der Waals surface area contributed by atoms with E-state index in [1.165, 1.54) is 6.42 Å². The van der Waals surface area contributed by atoms with Crippen LogP contribution in [-0.2, 0) is 9.53 Å². The van der Waals surface area contributed by atoms with Gasteiger partial charge < -0.3 is 15.0 Å². The molecule has 26 heavy (non-hydrogen) atoms. The third-order valence-electron chi connectivity index (χ3n) is 5.26. The Hall–Kier alpha value is -2.48. The van der Waals surface area contributed by atoms with Crippen molar-refractivity contribution in [3.63, 3.8) is 0 Å². The van der Waals surface area contributed by atoms with Gasteiger partial charge in [-0.25, -0.2) is 0 Å². The van der Waals surface area contributed by atoms with E-state index >= 15 is 0 Å². The van der Waals surface area contributed by atoms with Gasteiger partial charge in [-0.3, -0.25) is 9.59 Å². The molecule has 2 atom stereocenters. The normalized spacial score (nSPS) is 22.8. The van der Waals surface area contributed by atoms with Crippen LogP contribution in [0.25, 0.3) is 11.0 Å². The lowest BCUT2D eigenvalue weighted by molar-refractivity contribution is -0.149. The van der Waals surface area contributed by atoms with Crippen molar-refractivity contribution in [2.75, 3.05) is 19.7 Å². The number of benzene rings is 1. The van der Waals surface area contributed by atoms with E-state index in [-0.39, 0.29) is 24.0 Å². The summed E-state index contributed by atoms with van der Waals surface area (Å²) < 4.78 is 5.81. The van der Waals surface area contributed by atoms with E-state index < -0.39 is 0 Å². The number of H-pyrrole nitrogens is 1. The van der Waals surface area contributed by atoms with Crippen LogP contribution in [0.5, 0.6) is 0 Å². The van der Waals surface area contributed by atoms with Crippen LogP contribution in [0.1, 0.15) is 42.5 Å². The first-order valence-electron chi connectivity index (χ1n) is 9.22. The average Bonchev–Trinajstić information content (AvgIpc) is 3.15. The summed E-state index contributed by atoms with van der Waals surface area (Å²) in [7, 11) is 0. The van der Waals surface area contributed by atoms with Gasteiger partial charge in [-0.2, -0.15) is 15.4 Å². The Bertz CT molecular complexity index is 803. The fourth-order valence-electron chi connectivity index (χ4n) is 3.92. The zero-order valence-corrected chi connectivity index (χ0v) is 14.6. The van der Waals surface area contributed by atoms with Gasteiger partial charge in [0.2, 0.25) is 5.91 Å². The van der Waals surface area contributed by atoms with Crippen molar-refractivity contribution in [2.45, 2.75) is 44.2 Å². The summed E-state index contributed by atoms with van der Waals surface area (Å²) >= 11 is 0. The predicted octanol–water partition coefficient (Wildman–Crippen LogP) is 1.25. The molecule has 1 aliphatic carbocycles. The molecule has 0 unspecified atom stereocenters. The van der Waals surface area contributed by atoms with Crippen molar-refractivity contribution in [3.8, 4) is 0 Å². The highest BCUT2D eigenvalue weighted by Gasteiger charge is 2.36. The number of morpholine rings is 1. The summed E-state index contributed by atoms with van der Waals surface area (Å²) in [5, 5.41) is 13.3. The van der Waals surface area contributed by atoms with Gasteiger partial charge in [0.1, 0.15) is 11.0 Å². The molecule has 8 heteroatoms. The molecule has 2 fully saturated rings. The lowest BCUT2D eigenvalue weighted by Gasteiger charge is -2.43. The number of ether oxygens (including phenoxy) is 1. The number of carbonyl (C=O) groups is 2. The van der Waals surface area contributed by atoms with E-state index in [9.17, 15) is 9.59 Å². The zero-order valence-electron chi connectivity index (χ0n) is 14.6. The Labute approximate surface area is 151 Å². The van der Waals surface area contributed by atoms with Gasteiger partial charge in [-0.05, 0) is 31.0 Å². The molecular formula is C18H23N5O3. The Kier molecular flexibility index (Phi) is 4.83. The summed E-state index contributed by atoms with van der Waals surface area (Å²) in [6.07, 6.45) is 4.87. The minimum absolute atomic E-state index is 0.0949. The Morgan fingerprint density at radius 1 is 1.23 bits per heavy atom. The Morgan fingerprint density at radius 2 is 2.08 bits per heavy atom. The Balaban J connectivity index is 1.30. The van der Waals surface area contributed by atoms with Gasteiger partial charge in [0.05, 0.1) is 18.8 Å². The maximum Gasteiger partial charge on any atom is 0.251 e. The van der Waals surface area contributed by atoms with Crippen molar-refractivity contribution >= 4 is 22.8 Å². The predicted molar refractivity (Wildman–Crippen MR) is 94.5 cm³/mol. The van der Waals surface area contributed by atoms with Crippen LogP contribution in [0.2, 0.25) is 0 Å². The largest absolute Gasteiger partial charge is 0.374 e. The molecule has 4 rings (SSSR count). The van der Waals surface area contributed by atoms with Gasteiger partial charge >= 0.3 is 0 Å². The molecule has 1 aromatic carbocycles. The first-order chi connectivity index (χ1) is 12.7. The first-order valence-corrected chi connectivity index (χ1v) is 9.22. The molecule has 1 saturated carbocycles. The van der Waals surface area contributed by atoms with Crippen LogP contribution in [-0.4, -0.2) is 64.0 Å². The zero-order chi connectivity index (χ0) is 17.9. The second kappa shape index (κ2) is 7.41. The third kappa shape index (κ3) is 3.41. The van der Waals surface area contributed by atoms with Gasteiger partial charge in [-0.15, -0.1) is 0 Å². The molecule has 2 aromatic rings. The molecule has 2 N–H and O–H groups in total. The molecule has 2 amide bonds. The molecule has 1 aliphatic heterocycles. The number of aromatic nitrogens is 3. The summed E-state index contributed by atoms with van der Waals surface area (Å²) in [4.78, 5) is 26.8. The van der Waals surface area contributed by atoms with Crippen LogP contribution in [0.3, 0.4) is 0 Å². The highest BCUT2D eigenvalue weighted by atomic mass is 16.5. The molecule has 0 spiro atoms. The SMILES string of the molecule is O=C(NCCC(=O)N1CCO[C@@H]2CCCC[C@H]21)c1ccc2n[nH]nc2c1. The van der Waals surface area contributed by atoms with Crippen LogP contribution in [0, 0.1) is 0 Å². The molecular weight excluding hydrogens is 334 g/mol. The number of nitrogens with zero attached hydrogens (tertiary/aromatic N) is 3. The second-order valence-corrected chi connectivity index (χ2v) is 6.88. The average molecular weight is 357 g/mol. The van der Waals surface area contributed by atoms with E-state index in [0.717, 1.165) is 19.3 Å². The van der Waals surface area contributed by atoms with Crippen molar-refractivity contribution in [1.29, 1.82) is 0 Å². The number of rotatable bonds is 4. The van der Waals surface area contributed by atoms with Crippen LogP contribution in [0.4, 0.5) is 0 Å². The fraction of sp³-hybridized carbons (Fsp3) is 0.556.